The van der Waals surface area contributed by atoms with Crippen molar-refractivity contribution in [3.63, 3.8) is 0 Å². The van der Waals surface area contributed by atoms with Crippen LogP contribution in [0.2, 0.25) is 0 Å². The Balaban J connectivity index is 2.12. The number of amides is 1. The molecule has 114 valence electrons. The van der Waals surface area contributed by atoms with Crippen molar-refractivity contribution in [3.05, 3.63) is 23.5 Å². The quantitative estimate of drug-likeness (QED) is 0.904. The first-order valence-corrected chi connectivity index (χ1v) is 6.36. The zero-order chi connectivity index (χ0) is 15.8. The third kappa shape index (κ3) is 3.19. The van der Waals surface area contributed by atoms with Gasteiger partial charge in [0.1, 0.15) is 11.8 Å². The average Bonchev–Trinajstić information content (AvgIpc) is 2.93. The number of aryl methyl sites for hydroxylation is 1. The molecule has 0 saturated carbocycles. The van der Waals surface area contributed by atoms with Crippen molar-refractivity contribution in [1.29, 1.82) is 5.26 Å². The lowest BCUT2D eigenvalue weighted by molar-refractivity contribution is -0.182. The molecule has 2 atom stereocenters. The number of likely N-dealkylation sites (tertiary alicyclic amines) is 1. The van der Waals surface area contributed by atoms with E-state index in [0.717, 1.165) is 5.56 Å². The molecule has 0 radical (unpaired) electrons. The monoisotopic (exact) mass is 300 g/mol. The number of hydrogen-bond donors (Lipinski definition) is 1. The van der Waals surface area contributed by atoms with Crippen molar-refractivity contribution >= 4 is 5.91 Å². The van der Waals surface area contributed by atoms with E-state index in [-0.39, 0.29) is 19.6 Å². The molecule has 0 spiro atoms. The number of nitrogens with zero attached hydrogens (tertiary/aromatic N) is 3. The number of nitrogens with two attached hydrogens (primary N) is 1. The highest BCUT2D eigenvalue weighted by Gasteiger charge is 2.51. The second-order valence-electron chi connectivity index (χ2n) is 5.31. The molecule has 0 aromatic carbocycles. The minimum atomic E-state index is -4.44. The first-order valence-electron chi connectivity index (χ1n) is 6.36. The maximum absolute atomic E-state index is 12.9. The lowest BCUT2D eigenvalue weighted by atomic mass is 9.95. The van der Waals surface area contributed by atoms with Crippen LogP contribution in [0.25, 0.3) is 0 Å². The summed E-state index contributed by atoms with van der Waals surface area (Å²) in [6.45, 7) is -0.0178. The lowest BCUT2D eigenvalue weighted by Gasteiger charge is -2.18. The number of hydrogen-bond acceptors (Lipinski definition) is 3. The minimum absolute atomic E-state index is 0.0176. The Hall–Kier alpha value is -2.01. The number of carbonyl (C=O) groups is 1. The fraction of sp³-hybridized carbons (Fsp3) is 0.538. The van der Waals surface area contributed by atoms with Crippen LogP contribution in [0.1, 0.15) is 11.3 Å². The summed E-state index contributed by atoms with van der Waals surface area (Å²) in [6, 6.07) is 3.62. The van der Waals surface area contributed by atoms with Crippen LogP contribution in [-0.2, 0) is 18.4 Å². The molecule has 1 aromatic heterocycles. The van der Waals surface area contributed by atoms with Crippen LogP contribution in [0.15, 0.2) is 12.3 Å². The van der Waals surface area contributed by atoms with E-state index >= 15 is 0 Å². The summed E-state index contributed by atoms with van der Waals surface area (Å²) in [6.07, 6.45) is -2.75. The van der Waals surface area contributed by atoms with Crippen LogP contribution in [0.4, 0.5) is 13.2 Å². The standard InChI is InChI=1S/C13H15F3N4O/c1-19-4-8(2-9(19)3-17)5-20-6-10(12(18)21)11(7-20)13(14,15)16/h2,4,10-11H,5-7H2,1H3,(H2,18,21)/t10-,11-/m1/s1. The molecule has 0 aliphatic carbocycles. The van der Waals surface area contributed by atoms with Crippen LogP contribution in [0, 0.1) is 23.2 Å². The van der Waals surface area contributed by atoms with Gasteiger partial charge in [0, 0.05) is 32.9 Å². The van der Waals surface area contributed by atoms with E-state index < -0.39 is 23.9 Å². The Kier molecular flexibility index (Phi) is 3.96. The van der Waals surface area contributed by atoms with Crippen LogP contribution in [-0.4, -0.2) is 34.6 Å². The van der Waals surface area contributed by atoms with E-state index in [9.17, 15) is 18.0 Å². The van der Waals surface area contributed by atoms with E-state index in [1.165, 1.54) is 0 Å². The highest BCUT2D eigenvalue weighted by Crippen LogP contribution is 2.37. The number of primary amides is 1. The molecule has 8 heteroatoms. The van der Waals surface area contributed by atoms with Gasteiger partial charge in [-0.2, -0.15) is 18.4 Å². The van der Waals surface area contributed by atoms with Crippen LogP contribution in [0.5, 0.6) is 0 Å². The minimum Gasteiger partial charge on any atom is -0.369 e. The van der Waals surface area contributed by atoms with Gasteiger partial charge in [0.25, 0.3) is 0 Å². The molecule has 1 saturated heterocycles. The van der Waals surface area contributed by atoms with Gasteiger partial charge in [0.05, 0.1) is 11.8 Å². The van der Waals surface area contributed by atoms with Crippen molar-refractivity contribution < 1.29 is 18.0 Å². The molecule has 21 heavy (non-hydrogen) atoms. The van der Waals surface area contributed by atoms with Gasteiger partial charge < -0.3 is 10.3 Å². The number of halogens is 3. The Bertz CT molecular complexity index is 587. The first-order chi connectivity index (χ1) is 9.72. The molecule has 1 amide bonds. The molecule has 1 fully saturated rings. The topological polar surface area (TPSA) is 75.0 Å². The summed E-state index contributed by atoms with van der Waals surface area (Å²) in [5.74, 6) is -3.87. The third-order valence-electron chi connectivity index (χ3n) is 3.76. The molecule has 2 heterocycles. The first kappa shape index (κ1) is 15.4. The van der Waals surface area contributed by atoms with Gasteiger partial charge in [-0.1, -0.05) is 0 Å². The zero-order valence-electron chi connectivity index (χ0n) is 11.4. The van der Waals surface area contributed by atoms with E-state index in [4.69, 9.17) is 11.0 Å². The number of carbonyl (C=O) groups excluding carboxylic acids is 1. The highest BCUT2D eigenvalue weighted by atomic mass is 19.4. The number of aromatic nitrogens is 1. The molecule has 1 aliphatic heterocycles. The summed E-state index contributed by atoms with van der Waals surface area (Å²) < 4.78 is 40.4. The molecule has 0 bridgehead atoms. The third-order valence-corrected chi connectivity index (χ3v) is 3.76. The van der Waals surface area contributed by atoms with E-state index in [0.29, 0.717) is 5.69 Å². The number of alkyl halides is 3. The van der Waals surface area contributed by atoms with Gasteiger partial charge in [0.15, 0.2) is 0 Å². The Morgan fingerprint density at radius 2 is 2.19 bits per heavy atom. The molecule has 2 rings (SSSR count). The number of rotatable bonds is 3. The van der Waals surface area contributed by atoms with Crippen LogP contribution in [0.3, 0.4) is 0 Å². The average molecular weight is 300 g/mol. The summed E-state index contributed by atoms with van der Waals surface area (Å²) in [5.41, 5.74) is 6.25. The molecule has 0 unspecified atom stereocenters. The molecule has 2 N–H and O–H groups in total. The van der Waals surface area contributed by atoms with E-state index in [1.807, 2.05) is 6.07 Å². The summed E-state index contributed by atoms with van der Waals surface area (Å²) >= 11 is 0. The second kappa shape index (κ2) is 5.41. The summed E-state index contributed by atoms with van der Waals surface area (Å²) in [7, 11) is 1.69. The molecule has 5 nitrogen and oxygen atoms in total. The zero-order valence-corrected chi connectivity index (χ0v) is 11.4. The molecular weight excluding hydrogens is 285 g/mol. The Morgan fingerprint density at radius 1 is 1.52 bits per heavy atom. The SMILES string of the molecule is Cn1cc(CN2C[C@@H](C(F)(F)F)[C@H](C(N)=O)C2)cc1C#N. The Labute approximate surface area is 119 Å². The highest BCUT2D eigenvalue weighted by molar-refractivity contribution is 5.77. The predicted molar refractivity (Wildman–Crippen MR) is 67.6 cm³/mol. The summed E-state index contributed by atoms with van der Waals surface area (Å²) in [4.78, 5) is 12.8. The van der Waals surface area contributed by atoms with E-state index in [1.54, 1.807) is 28.8 Å². The fourth-order valence-electron chi connectivity index (χ4n) is 2.72. The molecule has 1 aromatic rings. The van der Waals surface area contributed by atoms with Crippen molar-refractivity contribution in [3.8, 4) is 6.07 Å². The van der Waals surface area contributed by atoms with Crippen LogP contribution < -0.4 is 5.73 Å². The molecule has 1 aliphatic rings. The van der Waals surface area contributed by atoms with E-state index in [2.05, 4.69) is 0 Å². The van der Waals surface area contributed by atoms with Crippen LogP contribution >= 0.6 is 0 Å². The second-order valence-corrected chi connectivity index (χ2v) is 5.31. The van der Waals surface area contributed by atoms with Crippen molar-refractivity contribution in [1.82, 2.24) is 9.47 Å². The van der Waals surface area contributed by atoms with Gasteiger partial charge in [-0.25, -0.2) is 0 Å². The summed E-state index contributed by atoms with van der Waals surface area (Å²) in [5, 5.41) is 8.86. The Morgan fingerprint density at radius 3 is 2.62 bits per heavy atom. The predicted octanol–water partition coefficient (Wildman–Crippen LogP) is 0.992. The number of nitriles is 1. The van der Waals surface area contributed by atoms with Gasteiger partial charge in [0.2, 0.25) is 5.91 Å². The van der Waals surface area contributed by atoms with Crippen molar-refractivity contribution in [2.45, 2.75) is 12.7 Å². The van der Waals surface area contributed by atoms with Gasteiger partial charge in [-0.3, -0.25) is 9.69 Å². The smallest absolute Gasteiger partial charge is 0.369 e. The van der Waals surface area contributed by atoms with Gasteiger partial charge in [-0.05, 0) is 11.6 Å². The maximum atomic E-state index is 12.9. The van der Waals surface area contributed by atoms with Gasteiger partial charge in [-0.15, -0.1) is 0 Å². The fourth-order valence-corrected chi connectivity index (χ4v) is 2.72. The maximum Gasteiger partial charge on any atom is 0.393 e. The van der Waals surface area contributed by atoms with Gasteiger partial charge >= 0.3 is 6.18 Å². The lowest BCUT2D eigenvalue weighted by Crippen LogP contribution is -2.37. The molecular formula is C13H15F3N4O. The largest absolute Gasteiger partial charge is 0.393 e. The van der Waals surface area contributed by atoms with Crippen molar-refractivity contribution in [2.24, 2.45) is 24.6 Å². The normalized spacial score (nSPS) is 23.2. The van der Waals surface area contributed by atoms with Crippen molar-refractivity contribution in [2.75, 3.05) is 13.1 Å².